The highest BCUT2D eigenvalue weighted by Crippen LogP contribution is 2.67. The molecule has 8 atom stereocenters. The van der Waals surface area contributed by atoms with E-state index in [0.717, 1.165) is 87.4 Å². The van der Waals surface area contributed by atoms with Gasteiger partial charge in [0.2, 0.25) is 0 Å². The molecular weight excluding hydrogens is 542 g/mol. The van der Waals surface area contributed by atoms with Gasteiger partial charge in [0.25, 0.3) is 0 Å². The highest BCUT2D eigenvalue weighted by atomic mass is 16.6. The van der Waals surface area contributed by atoms with Gasteiger partial charge in [0, 0.05) is 25.9 Å². The largest absolute Gasteiger partial charge is 0.446 e. The van der Waals surface area contributed by atoms with E-state index in [9.17, 15) is 4.79 Å². The van der Waals surface area contributed by atoms with Crippen molar-refractivity contribution in [2.45, 2.75) is 156 Å². The van der Waals surface area contributed by atoms with Crippen molar-refractivity contribution in [3.05, 3.63) is 11.6 Å². The van der Waals surface area contributed by atoms with Gasteiger partial charge in [0.05, 0.1) is 13.1 Å². The van der Waals surface area contributed by atoms with Crippen LogP contribution >= 0.6 is 0 Å². The Balaban J connectivity index is 1.32. The van der Waals surface area contributed by atoms with Crippen molar-refractivity contribution >= 4 is 6.09 Å². The Morgan fingerprint density at radius 3 is 2.30 bits per heavy atom. The Bertz CT molecular complexity index is 919. The molecule has 4 rings (SSSR count). The molecule has 5 nitrogen and oxygen atoms in total. The number of carbonyl (C=O) groups excluding carboxylic acids is 1. The van der Waals surface area contributed by atoms with Gasteiger partial charge in [-0.2, -0.15) is 0 Å². The minimum atomic E-state index is -0.0775. The summed E-state index contributed by atoms with van der Waals surface area (Å²) >= 11 is 0. The number of amides is 1. The van der Waals surface area contributed by atoms with Crippen molar-refractivity contribution in [1.29, 1.82) is 0 Å². The number of carbonyl (C=O) groups is 1. The summed E-state index contributed by atoms with van der Waals surface area (Å²) in [6.07, 6.45) is 25.3. The van der Waals surface area contributed by atoms with Crippen LogP contribution in [-0.4, -0.2) is 43.3 Å². The SMILES string of the molecule is CC(C)CCC[C@@H](C)[C@H]1CC[C@H]2[C@@H]3CC=C4C[C@@H](OC(=O)N(CCC[NH3+])CCCCCCCC[NH3+])CC[C@]4(C)[C@H]3CC[C@]12C. The predicted molar refractivity (Wildman–Crippen MR) is 183 cm³/mol. The minimum absolute atomic E-state index is 0.0414. The molecule has 0 aromatic carbocycles. The Hall–Kier alpha value is -1.07. The third-order valence-electron chi connectivity index (χ3n) is 13.4. The molecular formula is C39H73N3O2+2. The molecule has 1 amide bonds. The zero-order valence-electron chi connectivity index (χ0n) is 29.9. The maximum Gasteiger partial charge on any atom is 0.410 e. The molecule has 0 bridgehead atoms. The van der Waals surface area contributed by atoms with E-state index in [2.05, 4.69) is 52.2 Å². The van der Waals surface area contributed by atoms with Crippen molar-refractivity contribution in [2.75, 3.05) is 26.2 Å². The molecule has 254 valence electrons. The fraction of sp³-hybridized carbons (Fsp3) is 0.923. The lowest BCUT2D eigenvalue weighted by molar-refractivity contribution is -0.368. The van der Waals surface area contributed by atoms with Gasteiger partial charge in [-0.15, -0.1) is 0 Å². The molecule has 0 spiro atoms. The zero-order chi connectivity index (χ0) is 31.7. The van der Waals surface area contributed by atoms with E-state index >= 15 is 0 Å². The van der Waals surface area contributed by atoms with Crippen LogP contribution in [0.5, 0.6) is 0 Å². The average molecular weight is 616 g/mol. The highest BCUT2D eigenvalue weighted by Gasteiger charge is 2.59. The molecule has 5 heteroatoms. The first-order valence-corrected chi connectivity index (χ1v) is 19.4. The van der Waals surface area contributed by atoms with Gasteiger partial charge in [-0.3, -0.25) is 0 Å². The number of ether oxygens (including phenoxy) is 1. The van der Waals surface area contributed by atoms with Crippen LogP contribution in [0.1, 0.15) is 150 Å². The van der Waals surface area contributed by atoms with Gasteiger partial charge in [0.1, 0.15) is 6.10 Å². The zero-order valence-corrected chi connectivity index (χ0v) is 29.9. The summed E-state index contributed by atoms with van der Waals surface area (Å²) in [5.41, 5.74) is 10.4. The van der Waals surface area contributed by atoms with Crippen LogP contribution in [0.3, 0.4) is 0 Å². The number of hydrogen-bond donors (Lipinski definition) is 2. The lowest BCUT2D eigenvalue weighted by atomic mass is 9.47. The smallest absolute Gasteiger partial charge is 0.410 e. The summed E-state index contributed by atoms with van der Waals surface area (Å²) in [5.74, 6) is 5.18. The normalized spacial score (nSPS) is 33.7. The second kappa shape index (κ2) is 16.7. The Kier molecular flexibility index (Phi) is 13.5. The second-order valence-corrected chi connectivity index (χ2v) is 16.7. The summed E-state index contributed by atoms with van der Waals surface area (Å²) in [7, 11) is 0. The molecule has 0 radical (unpaired) electrons. The molecule has 0 aliphatic heterocycles. The molecule has 0 aromatic rings. The van der Waals surface area contributed by atoms with Crippen LogP contribution in [0.25, 0.3) is 0 Å². The fourth-order valence-electron chi connectivity index (χ4n) is 10.8. The second-order valence-electron chi connectivity index (χ2n) is 16.7. The number of rotatable bonds is 17. The molecule has 4 aliphatic carbocycles. The van der Waals surface area contributed by atoms with Gasteiger partial charge in [0.15, 0.2) is 0 Å². The molecule has 3 saturated carbocycles. The maximum atomic E-state index is 13.4. The Morgan fingerprint density at radius 1 is 0.864 bits per heavy atom. The third-order valence-corrected chi connectivity index (χ3v) is 13.4. The number of hydrogen-bond acceptors (Lipinski definition) is 2. The average Bonchev–Trinajstić information content (AvgIpc) is 3.35. The quantitative estimate of drug-likeness (QED) is 0.128. The summed E-state index contributed by atoms with van der Waals surface area (Å²) in [6, 6.07) is 0. The monoisotopic (exact) mass is 616 g/mol. The van der Waals surface area contributed by atoms with Crippen molar-refractivity contribution in [3.63, 3.8) is 0 Å². The molecule has 0 heterocycles. The van der Waals surface area contributed by atoms with E-state index in [4.69, 9.17) is 4.74 Å². The van der Waals surface area contributed by atoms with E-state index in [0.29, 0.717) is 10.8 Å². The van der Waals surface area contributed by atoms with E-state index in [-0.39, 0.29) is 12.2 Å². The van der Waals surface area contributed by atoms with Crippen LogP contribution < -0.4 is 11.5 Å². The number of unbranched alkanes of at least 4 members (excludes halogenated alkanes) is 5. The lowest BCUT2D eigenvalue weighted by Crippen LogP contribution is -2.52. The minimum Gasteiger partial charge on any atom is -0.446 e. The fourth-order valence-corrected chi connectivity index (χ4v) is 10.8. The first-order chi connectivity index (χ1) is 21.1. The van der Waals surface area contributed by atoms with E-state index in [1.165, 1.54) is 89.9 Å². The van der Waals surface area contributed by atoms with Gasteiger partial charge in [-0.25, -0.2) is 4.79 Å². The Labute approximate surface area is 272 Å². The molecule has 3 fully saturated rings. The van der Waals surface area contributed by atoms with E-state index in [1.807, 2.05) is 4.90 Å². The molecule has 0 aromatic heterocycles. The number of nitrogens with zero attached hydrogens (tertiary/aromatic N) is 1. The molecule has 44 heavy (non-hydrogen) atoms. The van der Waals surface area contributed by atoms with Gasteiger partial charge in [-0.1, -0.05) is 84.8 Å². The number of allylic oxidation sites excluding steroid dienone is 1. The van der Waals surface area contributed by atoms with E-state index < -0.39 is 0 Å². The van der Waals surface area contributed by atoms with Crippen LogP contribution in [-0.2, 0) is 4.74 Å². The first-order valence-electron chi connectivity index (χ1n) is 19.4. The first kappa shape index (κ1) is 35.8. The van der Waals surface area contributed by atoms with Crippen LogP contribution in [0, 0.1) is 46.3 Å². The lowest BCUT2D eigenvalue weighted by Gasteiger charge is -2.58. The predicted octanol–water partition coefficient (Wildman–Crippen LogP) is 8.05. The van der Waals surface area contributed by atoms with E-state index in [1.54, 1.807) is 5.57 Å². The number of quaternary nitrogens is 2. The standard InChI is InChI=1S/C39H71N3O2/c1-29(2)14-12-15-30(3)34-18-19-35-33-17-16-31-28-32(20-22-38(31,4)36(33)21-23-39(34,35)5)44-37(43)42(27-13-25-41)26-11-9-7-6-8-10-24-40/h16,29-30,32-36H,6-15,17-28,40-41H2,1-5H3/p+2/t30-,32+,33+,34-,35+,36+,38+,39-/m1/s1. The molecule has 0 saturated heterocycles. The maximum absolute atomic E-state index is 13.4. The summed E-state index contributed by atoms with van der Waals surface area (Å²) in [5, 5.41) is 0. The van der Waals surface area contributed by atoms with Crippen LogP contribution in [0.4, 0.5) is 4.79 Å². The molecule has 4 aliphatic rings. The van der Waals surface area contributed by atoms with Crippen molar-refractivity contribution in [1.82, 2.24) is 4.90 Å². The summed E-state index contributed by atoms with van der Waals surface area (Å²) in [4.78, 5) is 15.4. The molecule has 0 unspecified atom stereocenters. The van der Waals surface area contributed by atoms with Gasteiger partial charge >= 0.3 is 6.09 Å². The number of fused-ring (bicyclic) bond motifs is 5. The van der Waals surface area contributed by atoms with Gasteiger partial charge in [-0.05, 0) is 111 Å². The molecule has 6 N–H and O–H groups in total. The third kappa shape index (κ3) is 8.44. The van der Waals surface area contributed by atoms with Crippen molar-refractivity contribution in [3.8, 4) is 0 Å². The van der Waals surface area contributed by atoms with Crippen molar-refractivity contribution < 1.29 is 21.0 Å². The van der Waals surface area contributed by atoms with Crippen LogP contribution in [0.15, 0.2) is 11.6 Å². The highest BCUT2D eigenvalue weighted by molar-refractivity contribution is 5.67. The summed E-state index contributed by atoms with van der Waals surface area (Å²) in [6.45, 7) is 16.1. The van der Waals surface area contributed by atoms with Crippen LogP contribution in [0.2, 0.25) is 0 Å². The topological polar surface area (TPSA) is 84.8 Å². The Morgan fingerprint density at radius 2 is 1.57 bits per heavy atom. The van der Waals surface area contributed by atoms with Gasteiger partial charge < -0.3 is 21.1 Å². The summed E-state index contributed by atoms with van der Waals surface area (Å²) < 4.78 is 6.28. The van der Waals surface area contributed by atoms with Crippen molar-refractivity contribution in [2.24, 2.45) is 46.3 Å².